The molecule has 0 bridgehead atoms. The Balaban J connectivity index is 1.91. The number of rotatable bonds is 7. The van der Waals surface area contributed by atoms with E-state index in [2.05, 4.69) is 10.3 Å². The third-order valence-electron chi connectivity index (χ3n) is 4.58. The summed E-state index contributed by atoms with van der Waals surface area (Å²) in [6.07, 6.45) is 1.05. The van der Waals surface area contributed by atoms with E-state index in [4.69, 9.17) is 5.11 Å². The maximum atomic E-state index is 14.2. The maximum absolute atomic E-state index is 14.2. The van der Waals surface area contributed by atoms with Crippen LogP contribution in [0.1, 0.15) is 25.3 Å². The van der Waals surface area contributed by atoms with Crippen LogP contribution in [-0.2, 0) is 11.2 Å². The molecule has 4 nitrogen and oxygen atoms in total. The number of amides is 1. The number of aromatic nitrogens is 1. The van der Waals surface area contributed by atoms with Gasteiger partial charge in [0.2, 0.25) is 5.91 Å². The Morgan fingerprint density at radius 2 is 1.86 bits per heavy atom. The van der Waals surface area contributed by atoms with Crippen LogP contribution in [-0.4, -0.2) is 28.6 Å². The summed E-state index contributed by atoms with van der Waals surface area (Å²) in [5.41, 5.74) is 2.06. The molecule has 3 rings (SSSR count). The van der Waals surface area contributed by atoms with Crippen LogP contribution in [0.25, 0.3) is 22.2 Å². The van der Waals surface area contributed by atoms with E-state index in [-0.39, 0.29) is 30.5 Å². The summed E-state index contributed by atoms with van der Waals surface area (Å²) >= 11 is 0. The van der Waals surface area contributed by atoms with E-state index in [0.29, 0.717) is 35.0 Å². The number of aliphatic hydroxyl groups is 1. The summed E-state index contributed by atoms with van der Waals surface area (Å²) in [4.78, 5) is 14.9. The van der Waals surface area contributed by atoms with Crippen LogP contribution in [0.4, 0.5) is 13.2 Å². The molecule has 148 valence electrons. The van der Waals surface area contributed by atoms with Crippen molar-refractivity contribution < 1.29 is 23.1 Å². The van der Waals surface area contributed by atoms with Gasteiger partial charge in [-0.15, -0.1) is 0 Å². The Labute approximate surface area is 160 Å². The number of H-pyrrole nitrogens is 1. The Hall–Kier alpha value is -2.80. The fourth-order valence-electron chi connectivity index (χ4n) is 3.21. The monoisotopic (exact) mass is 390 g/mol. The number of nitrogens with one attached hydrogen (secondary N) is 2. The van der Waals surface area contributed by atoms with Gasteiger partial charge in [-0.1, -0.05) is 0 Å². The number of hydrogen-bond donors (Lipinski definition) is 3. The predicted octanol–water partition coefficient (Wildman–Crippen LogP) is 4.07. The van der Waals surface area contributed by atoms with Crippen molar-refractivity contribution in [1.29, 1.82) is 0 Å². The topological polar surface area (TPSA) is 65.1 Å². The predicted molar refractivity (Wildman–Crippen MR) is 101 cm³/mol. The lowest BCUT2D eigenvalue weighted by atomic mass is 10.00. The molecule has 3 N–H and O–H groups in total. The van der Waals surface area contributed by atoms with Gasteiger partial charge in [0.25, 0.3) is 0 Å². The Bertz CT molecular complexity index is 983. The maximum Gasteiger partial charge on any atom is 0.220 e. The summed E-state index contributed by atoms with van der Waals surface area (Å²) in [6, 6.07) is 7.45. The van der Waals surface area contributed by atoms with Crippen molar-refractivity contribution in [3.05, 3.63) is 59.4 Å². The van der Waals surface area contributed by atoms with Crippen LogP contribution >= 0.6 is 0 Å². The standard InChI is InChI=1S/C21H21F3N2O2/c1-12(11-27)25-19(28)4-2-3-16-17-9-15(23)10-18(24)21(17)26-20(16)13-5-7-14(22)8-6-13/h5-10,12,26-27H,2-4,11H2,1H3,(H,25,28)/t12-/m1/s1. The van der Waals surface area contributed by atoms with Crippen LogP contribution in [0.15, 0.2) is 36.4 Å². The molecule has 28 heavy (non-hydrogen) atoms. The minimum absolute atomic E-state index is 0.151. The van der Waals surface area contributed by atoms with E-state index in [9.17, 15) is 18.0 Å². The zero-order valence-electron chi connectivity index (χ0n) is 15.4. The molecule has 0 aliphatic heterocycles. The lowest BCUT2D eigenvalue weighted by Crippen LogP contribution is -2.34. The largest absolute Gasteiger partial charge is 0.394 e. The summed E-state index contributed by atoms with van der Waals surface area (Å²) in [6.45, 7) is 1.54. The highest BCUT2D eigenvalue weighted by Crippen LogP contribution is 2.33. The number of fused-ring (bicyclic) bond motifs is 1. The first-order valence-electron chi connectivity index (χ1n) is 9.04. The zero-order valence-corrected chi connectivity index (χ0v) is 15.4. The van der Waals surface area contributed by atoms with Gasteiger partial charge in [0.05, 0.1) is 12.1 Å². The van der Waals surface area contributed by atoms with Crippen molar-refractivity contribution in [1.82, 2.24) is 10.3 Å². The number of hydrogen-bond acceptors (Lipinski definition) is 2. The van der Waals surface area contributed by atoms with Crippen molar-refractivity contribution in [2.24, 2.45) is 0 Å². The molecule has 3 aromatic rings. The van der Waals surface area contributed by atoms with Gasteiger partial charge in [-0.3, -0.25) is 4.79 Å². The fraction of sp³-hybridized carbons (Fsp3) is 0.286. The van der Waals surface area contributed by atoms with Crippen molar-refractivity contribution >= 4 is 16.8 Å². The molecule has 0 aliphatic rings. The van der Waals surface area contributed by atoms with Crippen LogP contribution in [0, 0.1) is 17.5 Å². The van der Waals surface area contributed by atoms with Gasteiger partial charge in [0, 0.05) is 29.6 Å². The average Bonchev–Trinajstić information content (AvgIpc) is 3.01. The minimum atomic E-state index is -0.709. The first-order chi connectivity index (χ1) is 13.4. The van der Waals surface area contributed by atoms with E-state index in [1.807, 2.05) is 0 Å². The first kappa shape index (κ1) is 19.9. The Kier molecular flexibility index (Phi) is 6.04. The van der Waals surface area contributed by atoms with Crippen molar-refractivity contribution in [2.45, 2.75) is 32.2 Å². The molecule has 0 spiro atoms. The normalized spacial score (nSPS) is 12.3. The molecule has 0 aliphatic carbocycles. The Morgan fingerprint density at radius 3 is 2.54 bits per heavy atom. The van der Waals surface area contributed by atoms with Crippen LogP contribution in [0.2, 0.25) is 0 Å². The molecule has 1 aromatic heterocycles. The molecule has 1 atom stereocenters. The summed E-state index contributed by atoms with van der Waals surface area (Å²) in [7, 11) is 0. The van der Waals surface area contributed by atoms with Gasteiger partial charge < -0.3 is 15.4 Å². The molecule has 1 amide bonds. The summed E-state index contributed by atoms with van der Waals surface area (Å²) < 4.78 is 41.3. The number of carbonyl (C=O) groups excluding carboxylic acids is 1. The average molecular weight is 390 g/mol. The second-order valence-corrected chi connectivity index (χ2v) is 6.80. The molecule has 0 unspecified atom stereocenters. The third kappa shape index (κ3) is 4.36. The van der Waals surface area contributed by atoms with Crippen molar-refractivity contribution in [3.8, 4) is 11.3 Å². The highest BCUT2D eigenvalue weighted by molar-refractivity contribution is 5.91. The number of aromatic amines is 1. The molecule has 2 aromatic carbocycles. The van der Waals surface area contributed by atoms with E-state index in [1.54, 1.807) is 19.1 Å². The second kappa shape index (κ2) is 8.48. The molecular formula is C21H21F3N2O2. The lowest BCUT2D eigenvalue weighted by Gasteiger charge is -2.11. The lowest BCUT2D eigenvalue weighted by molar-refractivity contribution is -0.122. The van der Waals surface area contributed by atoms with E-state index in [0.717, 1.165) is 6.07 Å². The summed E-state index contributed by atoms with van der Waals surface area (Å²) in [5, 5.41) is 12.1. The van der Waals surface area contributed by atoms with Gasteiger partial charge in [-0.25, -0.2) is 13.2 Å². The van der Waals surface area contributed by atoms with Crippen LogP contribution in [0.5, 0.6) is 0 Å². The smallest absolute Gasteiger partial charge is 0.220 e. The summed E-state index contributed by atoms with van der Waals surface area (Å²) in [5.74, 6) is -2.00. The van der Waals surface area contributed by atoms with Gasteiger partial charge in [0.15, 0.2) is 0 Å². The molecular weight excluding hydrogens is 369 g/mol. The number of benzene rings is 2. The van der Waals surface area contributed by atoms with Gasteiger partial charge in [-0.2, -0.15) is 0 Å². The molecule has 0 fully saturated rings. The number of halogens is 3. The SMILES string of the molecule is C[C@H](CO)NC(=O)CCCc1c(-c2ccc(F)cc2)[nH]c2c(F)cc(F)cc12. The fourth-order valence-corrected chi connectivity index (χ4v) is 3.21. The minimum Gasteiger partial charge on any atom is -0.394 e. The first-order valence-corrected chi connectivity index (χ1v) is 9.04. The van der Waals surface area contributed by atoms with Crippen molar-refractivity contribution in [3.63, 3.8) is 0 Å². The van der Waals surface area contributed by atoms with Crippen LogP contribution < -0.4 is 5.32 Å². The zero-order chi connectivity index (χ0) is 20.3. The molecule has 1 heterocycles. The Morgan fingerprint density at radius 1 is 1.14 bits per heavy atom. The van der Waals surface area contributed by atoms with Gasteiger partial charge in [0.1, 0.15) is 17.5 Å². The number of carbonyl (C=O) groups is 1. The highest BCUT2D eigenvalue weighted by atomic mass is 19.1. The third-order valence-corrected chi connectivity index (χ3v) is 4.58. The number of aliphatic hydroxyl groups excluding tert-OH is 1. The van der Waals surface area contributed by atoms with Crippen molar-refractivity contribution in [2.75, 3.05) is 6.61 Å². The second-order valence-electron chi connectivity index (χ2n) is 6.80. The van der Waals surface area contributed by atoms with E-state index < -0.39 is 17.5 Å². The molecule has 0 saturated heterocycles. The highest BCUT2D eigenvalue weighted by Gasteiger charge is 2.17. The quantitative estimate of drug-likeness (QED) is 0.569. The van der Waals surface area contributed by atoms with Gasteiger partial charge >= 0.3 is 0 Å². The molecule has 0 radical (unpaired) electrons. The van der Waals surface area contributed by atoms with E-state index >= 15 is 0 Å². The van der Waals surface area contributed by atoms with Gasteiger partial charge in [-0.05, 0) is 61.2 Å². The number of aryl methyl sites for hydroxylation is 1. The van der Waals surface area contributed by atoms with E-state index in [1.165, 1.54) is 18.2 Å². The van der Waals surface area contributed by atoms with Crippen LogP contribution in [0.3, 0.4) is 0 Å². The molecule has 7 heteroatoms. The molecule has 0 saturated carbocycles.